The summed E-state index contributed by atoms with van der Waals surface area (Å²) in [5.41, 5.74) is 6.53. The highest BCUT2D eigenvalue weighted by Crippen LogP contribution is 2.60. The number of hydrogen-bond donors (Lipinski definition) is 2. The summed E-state index contributed by atoms with van der Waals surface area (Å²) in [5, 5.41) is 3.09. The van der Waals surface area contributed by atoms with Gasteiger partial charge in [-0.3, -0.25) is 4.79 Å². The molecule has 1 aromatic heterocycles. The third-order valence-corrected chi connectivity index (χ3v) is 5.86. The van der Waals surface area contributed by atoms with Gasteiger partial charge in [0.2, 0.25) is 5.91 Å². The summed E-state index contributed by atoms with van der Waals surface area (Å²) in [6, 6.07) is 3.80. The van der Waals surface area contributed by atoms with E-state index in [0.29, 0.717) is 12.4 Å². The monoisotopic (exact) mass is 285 g/mol. The Balaban J connectivity index is 1.57. The maximum atomic E-state index is 12.9. The maximum absolute atomic E-state index is 12.9. The molecule has 3 N–H and O–H groups in total. The van der Waals surface area contributed by atoms with Crippen LogP contribution in [0.3, 0.4) is 0 Å². The van der Waals surface area contributed by atoms with Gasteiger partial charge in [0.25, 0.3) is 0 Å². The fourth-order valence-electron chi connectivity index (χ4n) is 5.34. The van der Waals surface area contributed by atoms with Crippen molar-refractivity contribution >= 4 is 11.7 Å². The van der Waals surface area contributed by atoms with Gasteiger partial charge >= 0.3 is 0 Å². The minimum atomic E-state index is -0.127. The van der Waals surface area contributed by atoms with Crippen LogP contribution in [0.5, 0.6) is 0 Å². The van der Waals surface area contributed by atoms with E-state index >= 15 is 0 Å². The molecule has 21 heavy (non-hydrogen) atoms. The predicted octanol–water partition coefficient (Wildman–Crippen LogP) is 2.70. The molecule has 0 atom stereocenters. The van der Waals surface area contributed by atoms with Crippen molar-refractivity contribution < 1.29 is 4.79 Å². The Morgan fingerprint density at radius 1 is 1.24 bits per heavy atom. The van der Waals surface area contributed by atoms with Crippen LogP contribution >= 0.6 is 0 Å². The lowest BCUT2D eigenvalue weighted by molar-refractivity contribution is -0.140. The van der Waals surface area contributed by atoms with Crippen molar-refractivity contribution in [2.45, 2.75) is 45.1 Å². The second-order valence-corrected chi connectivity index (χ2v) is 7.37. The Hall–Kier alpha value is -1.42. The molecule has 4 nitrogen and oxygen atoms in total. The van der Waals surface area contributed by atoms with E-state index in [0.717, 1.165) is 42.6 Å². The molecule has 5 rings (SSSR count). The predicted molar refractivity (Wildman–Crippen MR) is 81.4 cm³/mol. The molecule has 4 heteroatoms. The summed E-state index contributed by atoms with van der Waals surface area (Å²) >= 11 is 0. The van der Waals surface area contributed by atoms with Gasteiger partial charge in [0.1, 0.15) is 5.82 Å². The molecule has 4 fully saturated rings. The SMILES string of the molecule is NCc1cccnc1NC(=O)C12CC3CC(CC(C3)C1)C2. The molecule has 0 unspecified atom stereocenters. The van der Waals surface area contributed by atoms with E-state index in [1.54, 1.807) is 6.20 Å². The van der Waals surface area contributed by atoms with Crippen LogP contribution in [-0.2, 0) is 11.3 Å². The zero-order valence-electron chi connectivity index (χ0n) is 12.3. The number of hydrogen-bond acceptors (Lipinski definition) is 3. The third kappa shape index (κ3) is 2.16. The maximum Gasteiger partial charge on any atom is 0.231 e. The van der Waals surface area contributed by atoms with Gasteiger partial charge in [-0.1, -0.05) is 6.07 Å². The molecule has 0 spiro atoms. The first-order chi connectivity index (χ1) is 10.2. The van der Waals surface area contributed by atoms with Crippen LogP contribution < -0.4 is 11.1 Å². The smallest absolute Gasteiger partial charge is 0.231 e. The van der Waals surface area contributed by atoms with E-state index in [1.165, 1.54) is 19.3 Å². The number of rotatable bonds is 3. The Kier molecular flexibility index (Phi) is 3.03. The molecule has 0 saturated heterocycles. The normalized spacial score (nSPS) is 36.7. The van der Waals surface area contributed by atoms with Crippen LogP contribution in [0.25, 0.3) is 0 Å². The number of nitrogens with zero attached hydrogens (tertiary/aromatic N) is 1. The Labute approximate surface area is 125 Å². The summed E-state index contributed by atoms with van der Waals surface area (Å²) in [7, 11) is 0. The zero-order valence-corrected chi connectivity index (χ0v) is 12.3. The molecule has 0 aliphatic heterocycles. The highest BCUT2D eigenvalue weighted by molar-refractivity contribution is 5.95. The second kappa shape index (κ2) is 4.80. The van der Waals surface area contributed by atoms with Gasteiger partial charge in [0, 0.05) is 18.3 Å². The van der Waals surface area contributed by atoms with Gasteiger partial charge in [0.05, 0.1) is 5.41 Å². The van der Waals surface area contributed by atoms with Crippen molar-refractivity contribution in [1.29, 1.82) is 0 Å². The first-order valence-corrected chi connectivity index (χ1v) is 8.14. The van der Waals surface area contributed by atoms with E-state index in [2.05, 4.69) is 10.3 Å². The molecular weight excluding hydrogens is 262 g/mol. The van der Waals surface area contributed by atoms with Crippen LogP contribution in [0, 0.1) is 23.2 Å². The van der Waals surface area contributed by atoms with Crippen LogP contribution in [0.15, 0.2) is 18.3 Å². The fraction of sp³-hybridized carbons (Fsp3) is 0.647. The minimum absolute atomic E-state index is 0.127. The van der Waals surface area contributed by atoms with Crippen molar-refractivity contribution in [2.24, 2.45) is 28.9 Å². The fourth-order valence-corrected chi connectivity index (χ4v) is 5.34. The van der Waals surface area contributed by atoms with Gasteiger partial charge in [-0.05, 0) is 62.3 Å². The third-order valence-electron chi connectivity index (χ3n) is 5.86. The molecule has 4 bridgehead atoms. The number of nitrogens with one attached hydrogen (secondary N) is 1. The summed E-state index contributed by atoms with van der Waals surface area (Å²) in [4.78, 5) is 17.2. The van der Waals surface area contributed by atoms with Gasteiger partial charge in [-0.25, -0.2) is 4.98 Å². The lowest BCUT2D eigenvalue weighted by Gasteiger charge is -2.55. The van der Waals surface area contributed by atoms with Gasteiger partial charge in [0.15, 0.2) is 0 Å². The van der Waals surface area contributed by atoms with E-state index in [9.17, 15) is 4.79 Å². The Morgan fingerprint density at radius 2 is 1.86 bits per heavy atom. The standard InChI is InChI=1S/C17H23N3O/c18-10-14-2-1-3-19-15(14)20-16(21)17-7-11-4-12(8-17)6-13(5-11)9-17/h1-3,11-13H,4-10,18H2,(H,19,20,21). The van der Waals surface area contributed by atoms with Crippen molar-refractivity contribution in [3.8, 4) is 0 Å². The summed E-state index contributed by atoms with van der Waals surface area (Å²) in [5.74, 6) is 3.18. The van der Waals surface area contributed by atoms with Gasteiger partial charge in [-0.15, -0.1) is 0 Å². The topological polar surface area (TPSA) is 68.0 Å². The zero-order chi connectivity index (χ0) is 14.4. The summed E-state index contributed by atoms with van der Waals surface area (Å²) in [6.45, 7) is 0.407. The molecule has 0 aromatic carbocycles. The highest BCUT2D eigenvalue weighted by Gasteiger charge is 2.54. The number of carbonyl (C=O) groups is 1. The van der Waals surface area contributed by atoms with E-state index in [4.69, 9.17) is 5.73 Å². The van der Waals surface area contributed by atoms with Crippen molar-refractivity contribution in [3.63, 3.8) is 0 Å². The number of pyridine rings is 1. The lowest BCUT2D eigenvalue weighted by atomic mass is 9.49. The van der Waals surface area contributed by atoms with E-state index in [1.807, 2.05) is 12.1 Å². The van der Waals surface area contributed by atoms with Crippen molar-refractivity contribution in [3.05, 3.63) is 23.9 Å². The molecule has 0 radical (unpaired) electrons. The van der Waals surface area contributed by atoms with Crippen molar-refractivity contribution in [2.75, 3.05) is 5.32 Å². The Bertz CT molecular complexity index is 534. The van der Waals surface area contributed by atoms with Crippen LogP contribution in [0.2, 0.25) is 0 Å². The first-order valence-electron chi connectivity index (χ1n) is 8.14. The van der Waals surface area contributed by atoms with Gasteiger partial charge < -0.3 is 11.1 Å². The number of nitrogens with two attached hydrogens (primary N) is 1. The highest BCUT2D eigenvalue weighted by atomic mass is 16.2. The second-order valence-electron chi connectivity index (χ2n) is 7.37. The lowest BCUT2D eigenvalue weighted by Crippen LogP contribution is -2.51. The number of amides is 1. The largest absolute Gasteiger partial charge is 0.326 e. The van der Waals surface area contributed by atoms with Crippen LogP contribution in [0.1, 0.15) is 44.1 Å². The quantitative estimate of drug-likeness (QED) is 0.897. The molecule has 4 aliphatic rings. The van der Waals surface area contributed by atoms with Crippen LogP contribution in [-0.4, -0.2) is 10.9 Å². The minimum Gasteiger partial charge on any atom is -0.326 e. The number of carbonyl (C=O) groups excluding carboxylic acids is 1. The first kappa shape index (κ1) is 13.3. The Morgan fingerprint density at radius 3 is 2.43 bits per heavy atom. The average Bonchev–Trinajstić information content (AvgIpc) is 2.46. The molecule has 1 heterocycles. The summed E-state index contributed by atoms with van der Waals surface area (Å²) < 4.78 is 0. The van der Waals surface area contributed by atoms with Gasteiger partial charge in [-0.2, -0.15) is 0 Å². The molecule has 1 amide bonds. The van der Waals surface area contributed by atoms with Crippen LogP contribution in [0.4, 0.5) is 5.82 Å². The average molecular weight is 285 g/mol. The number of aromatic nitrogens is 1. The molecule has 112 valence electrons. The van der Waals surface area contributed by atoms with E-state index in [-0.39, 0.29) is 11.3 Å². The van der Waals surface area contributed by atoms with Crippen molar-refractivity contribution in [1.82, 2.24) is 4.98 Å². The molecular formula is C17H23N3O. The molecule has 4 saturated carbocycles. The van der Waals surface area contributed by atoms with E-state index < -0.39 is 0 Å². The molecule has 4 aliphatic carbocycles. The molecule has 1 aromatic rings. The summed E-state index contributed by atoms with van der Waals surface area (Å²) in [6.07, 6.45) is 9.01. The number of anilines is 1.